The maximum atomic E-state index is 12.4. The van der Waals surface area contributed by atoms with Crippen LogP contribution in [0.4, 0.5) is 10.5 Å². The molecule has 6 nitrogen and oxygen atoms in total. The Hall–Kier alpha value is -1.79. The van der Waals surface area contributed by atoms with Gasteiger partial charge in [0.25, 0.3) is 0 Å². The molecule has 7 heteroatoms. The van der Waals surface area contributed by atoms with Gasteiger partial charge in [-0.3, -0.25) is 4.79 Å². The van der Waals surface area contributed by atoms with Crippen LogP contribution < -0.4 is 16.4 Å². The van der Waals surface area contributed by atoms with Crippen LogP contribution in [0.5, 0.6) is 0 Å². The molecule has 1 aliphatic heterocycles. The van der Waals surface area contributed by atoms with Gasteiger partial charge >= 0.3 is 6.03 Å². The summed E-state index contributed by atoms with van der Waals surface area (Å²) in [5.41, 5.74) is 7.24. The molecule has 1 aromatic rings. The van der Waals surface area contributed by atoms with Crippen LogP contribution in [-0.2, 0) is 11.3 Å². The van der Waals surface area contributed by atoms with Crippen molar-refractivity contribution in [3.63, 3.8) is 0 Å². The Morgan fingerprint density at radius 3 is 2.46 bits per heavy atom. The van der Waals surface area contributed by atoms with Gasteiger partial charge in [0.05, 0.1) is 5.54 Å². The van der Waals surface area contributed by atoms with Gasteiger partial charge in [-0.25, -0.2) is 4.79 Å². The monoisotopic (exact) mass is 380 g/mol. The molecule has 1 aliphatic carbocycles. The zero-order valence-electron chi connectivity index (χ0n) is 15.1. The molecule has 3 rings (SSSR count). The molecule has 0 aromatic heterocycles. The number of carbonyl (C=O) groups is 2. The number of carbonyl (C=O) groups excluding carboxylic acids is 2. The van der Waals surface area contributed by atoms with Crippen LogP contribution in [-0.4, -0.2) is 35.5 Å². The number of nitrogens with two attached hydrogens (primary N) is 1. The summed E-state index contributed by atoms with van der Waals surface area (Å²) < 4.78 is 0. The number of amides is 3. The van der Waals surface area contributed by atoms with E-state index in [0.29, 0.717) is 6.54 Å². The van der Waals surface area contributed by atoms with E-state index in [9.17, 15) is 9.59 Å². The number of benzene rings is 1. The molecule has 144 valence electrons. The second-order valence-corrected chi connectivity index (χ2v) is 7.22. The molecule has 2 aliphatic rings. The average molecular weight is 381 g/mol. The Bertz CT molecular complexity index is 626. The largest absolute Gasteiger partial charge is 0.350 e. The zero-order chi connectivity index (χ0) is 17.7. The lowest BCUT2D eigenvalue weighted by molar-refractivity contribution is -0.127. The van der Waals surface area contributed by atoms with Crippen LogP contribution in [0.25, 0.3) is 0 Å². The van der Waals surface area contributed by atoms with Crippen molar-refractivity contribution in [1.82, 2.24) is 10.2 Å². The predicted octanol–water partition coefficient (Wildman–Crippen LogP) is 3.01. The maximum absolute atomic E-state index is 12.4. The van der Waals surface area contributed by atoms with Crippen LogP contribution in [0, 0.1) is 0 Å². The first-order valence-corrected chi connectivity index (χ1v) is 9.29. The molecule has 1 heterocycles. The molecular weight excluding hydrogens is 352 g/mol. The lowest BCUT2D eigenvalue weighted by atomic mass is 9.82. The van der Waals surface area contributed by atoms with Crippen molar-refractivity contribution in [2.45, 2.75) is 57.0 Å². The van der Waals surface area contributed by atoms with Gasteiger partial charge in [0, 0.05) is 25.3 Å². The van der Waals surface area contributed by atoms with E-state index in [1.807, 2.05) is 29.2 Å². The SMILES string of the molecule is Cl.NC1(C(=O)NCc2cccc(NC(=O)N3CCCC3)c2)CCCCC1. The lowest BCUT2D eigenvalue weighted by Gasteiger charge is -2.31. The van der Waals surface area contributed by atoms with Crippen molar-refractivity contribution in [2.24, 2.45) is 5.73 Å². The Morgan fingerprint density at radius 1 is 1.08 bits per heavy atom. The standard InChI is InChI=1S/C19H28N4O2.ClH/c20-19(9-2-1-3-10-19)17(24)21-14-15-7-6-8-16(13-15)22-18(25)23-11-4-5-12-23;/h6-8,13H,1-5,9-12,14,20H2,(H,21,24)(H,22,25);1H. The van der Waals surface area contributed by atoms with E-state index < -0.39 is 5.54 Å². The summed E-state index contributed by atoms with van der Waals surface area (Å²) in [6.45, 7) is 2.06. The van der Waals surface area contributed by atoms with E-state index in [-0.39, 0.29) is 24.3 Å². The summed E-state index contributed by atoms with van der Waals surface area (Å²) in [6.07, 6.45) is 6.84. The lowest BCUT2D eigenvalue weighted by Crippen LogP contribution is -2.54. The minimum Gasteiger partial charge on any atom is -0.350 e. The summed E-state index contributed by atoms with van der Waals surface area (Å²) in [7, 11) is 0. The number of hydrogen-bond acceptors (Lipinski definition) is 3. The second-order valence-electron chi connectivity index (χ2n) is 7.22. The fraction of sp³-hybridized carbons (Fsp3) is 0.579. The van der Waals surface area contributed by atoms with Gasteiger partial charge in [-0.2, -0.15) is 0 Å². The van der Waals surface area contributed by atoms with E-state index in [2.05, 4.69) is 10.6 Å². The fourth-order valence-corrected chi connectivity index (χ4v) is 3.65. The molecule has 0 bridgehead atoms. The van der Waals surface area contributed by atoms with E-state index in [1.54, 1.807) is 0 Å². The molecule has 0 spiro atoms. The average Bonchev–Trinajstić information content (AvgIpc) is 3.15. The first-order chi connectivity index (χ1) is 12.1. The highest BCUT2D eigenvalue weighted by Crippen LogP contribution is 2.26. The number of halogens is 1. The van der Waals surface area contributed by atoms with Crippen LogP contribution in [0.1, 0.15) is 50.5 Å². The summed E-state index contributed by atoms with van der Waals surface area (Å²) in [6, 6.07) is 7.54. The van der Waals surface area contributed by atoms with E-state index in [1.165, 1.54) is 0 Å². The first kappa shape index (κ1) is 20.5. The highest BCUT2D eigenvalue weighted by Gasteiger charge is 2.34. The Kier molecular flexibility index (Phi) is 7.29. The van der Waals surface area contributed by atoms with Crippen molar-refractivity contribution in [3.05, 3.63) is 29.8 Å². The molecule has 1 saturated carbocycles. The van der Waals surface area contributed by atoms with Crippen LogP contribution >= 0.6 is 12.4 Å². The Balaban J connectivity index is 0.00000243. The van der Waals surface area contributed by atoms with Gasteiger partial charge in [0.1, 0.15) is 0 Å². The molecule has 0 atom stereocenters. The number of urea groups is 1. The first-order valence-electron chi connectivity index (χ1n) is 9.29. The molecule has 1 saturated heterocycles. The van der Waals surface area contributed by atoms with E-state index in [4.69, 9.17) is 5.73 Å². The second kappa shape index (κ2) is 9.24. The minimum absolute atomic E-state index is 0. The smallest absolute Gasteiger partial charge is 0.321 e. The van der Waals surface area contributed by atoms with E-state index >= 15 is 0 Å². The van der Waals surface area contributed by atoms with Crippen molar-refractivity contribution >= 4 is 30.0 Å². The molecule has 26 heavy (non-hydrogen) atoms. The molecular formula is C19H29ClN4O2. The third kappa shape index (κ3) is 5.11. The van der Waals surface area contributed by atoms with Gasteiger partial charge < -0.3 is 21.3 Å². The van der Waals surface area contributed by atoms with Gasteiger partial charge in [-0.05, 0) is 43.4 Å². The van der Waals surface area contributed by atoms with Gasteiger partial charge in [-0.1, -0.05) is 31.4 Å². The number of nitrogens with zero attached hydrogens (tertiary/aromatic N) is 1. The van der Waals surface area contributed by atoms with Crippen LogP contribution in [0.3, 0.4) is 0 Å². The minimum atomic E-state index is -0.722. The fourth-order valence-electron chi connectivity index (χ4n) is 3.65. The van der Waals surface area contributed by atoms with Crippen molar-refractivity contribution in [3.8, 4) is 0 Å². The molecule has 3 amide bonds. The van der Waals surface area contributed by atoms with Crippen molar-refractivity contribution in [2.75, 3.05) is 18.4 Å². The topological polar surface area (TPSA) is 87.5 Å². The third-order valence-corrected chi connectivity index (χ3v) is 5.22. The number of nitrogens with one attached hydrogen (secondary N) is 2. The number of rotatable bonds is 4. The number of likely N-dealkylation sites (tertiary alicyclic amines) is 1. The molecule has 0 radical (unpaired) electrons. The maximum Gasteiger partial charge on any atom is 0.321 e. The van der Waals surface area contributed by atoms with Crippen LogP contribution in [0.2, 0.25) is 0 Å². The number of anilines is 1. The third-order valence-electron chi connectivity index (χ3n) is 5.22. The molecule has 4 N–H and O–H groups in total. The normalized spacial score (nSPS) is 18.7. The highest BCUT2D eigenvalue weighted by molar-refractivity contribution is 5.89. The summed E-state index contributed by atoms with van der Waals surface area (Å²) in [5.74, 6) is -0.0706. The molecule has 1 aromatic carbocycles. The highest BCUT2D eigenvalue weighted by atomic mass is 35.5. The Morgan fingerprint density at radius 2 is 1.77 bits per heavy atom. The van der Waals surface area contributed by atoms with Gasteiger partial charge in [-0.15, -0.1) is 12.4 Å². The predicted molar refractivity (Wildman–Crippen MR) is 105 cm³/mol. The molecule has 2 fully saturated rings. The summed E-state index contributed by atoms with van der Waals surface area (Å²) in [4.78, 5) is 26.4. The molecule has 0 unspecified atom stereocenters. The van der Waals surface area contributed by atoms with Crippen molar-refractivity contribution < 1.29 is 9.59 Å². The zero-order valence-corrected chi connectivity index (χ0v) is 15.9. The van der Waals surface area contributed by atoms with Crippen molar-refractivity contribution in [1.29, 1.82) is 0 Å². The Labute approximate surface area is 161 Å². The van der Waals surface area contributed by atoms with Crippen LogP contribution in [0.15, 0.2) is 24.3 Å². The van der Waals surface area contributed by atoms with E-state index in [0.717, 1.165) is 69.3 Å². The quantitative estimate of drug-likeness (QED) is 0.750. The van der Waals surface area contributed by atoms with Gasteiger partial charge in [0.15, 0.2) is 0 Å². The summed E-state index contributed by atoms with van der Waals surface area (Å²) >= 11 is 0. The number of hydrogen-bond donors (Lipinski definition) is 3. The van der Waals surface area contributed by atoms with Gasteiger partial charge in [0.2, 0.25) is 5.91 Å². The summed E-state index contributed by atoms with van der Waals surface area (Å²) in [5, 5.41) is 5.89.